The summed E-state index contributed by atoms with van der Waals surface area (Å²) in [5.41, 5.74) is 1.90. The third-order valence-electron chi connectivity index (χ3n) is 5.17. The predicted molar refractivity (Wildman–Crippen MR) is 102 cm³/mol. The van der Waals surface area contributed by atoms with E-state index in [4.69, 9.17) is 9.47 Å². The van der Waals surface area contributed by atoms with Crippen LogP contribution in [0.1, 0.15) is 5.82 Å². The van der Waals surface area contributed by atoms with Crippen LogP contribution in [0.2, 0.25) is 0 Å². The summed E-state index contributed by atoms with van der Waals surface area (Å²) in [5.74, 6) is 1.54. The first-order valence-electron chi connectivity index (χ1n) is 9.33. The lowest BCUT2D eigenvalue weighted by Crippen LogP contribution is -2.54. The number of carbonyl (C=O) groups is 1. The molecule has 0 bridgehead atoms. The maximum atomic E-state index is 12.7. The largest absolute Gasteiger partial charge is 0.495 e. The Balaban J connectivity index is 1.49. The molecular formula is C19H25N5O3. The Hall–Kier alpha value is -2.61. The number of benzene rings is 1. The highest BCUT2D eigenvalue weighted by Gasteiger charge is 2.27. The van der Waals surface area contributed by atoms with Gasteiger partial charge in [-0.25, -0.2) is 14.8 Å². The number of amides is 2. The molecule has 0 saturated carbocycles. The quantitative estimate of drug-likeness (QED) is 0.797. The molecule has 27 heavy (non-hydrogen) atoms. The molecule has 0 radical (unpaired) electrons. The molecule has 144 valence electrons. The molecule has 1 aromatic carbocycles. The van der Waals surface area contributed by atoms with Gasteiger partial charge in [-0.2, -0.15) is 0 Å². The number of aromatic nitrogens is 2. The van der Waals surface area contributed by atoms with Gasteiger partial charge in [-0.3, -0.25) is 0 Å². The molecule has 0 atom stereocenters. The Bertz CT molecular complexity index is 829. The van der Waals surface area contributed by atoms with Gasteiger partial charge in [0, 0.05) is 56.9 Å². The maximum absolute atomic E-state index is 12.7. The summed E-state index contributed by atoms with van der Waals surface area (Å²) in [4.78, 5) is 27.5. The van der Waals surface area contributed by atoms with Crippen molar-refractivity contribution in [2.45, 2.75) is 6.92 Å². The third-order valence-corrected chi connectivity index (χ3v) is 5.17. The SMILES string of the molecule is COc1cc2nc(C)ncc2cc1N1CCN(C(=O)N2CCOCC2)CC1. The van der Waals surface area contributed by atoms with Crippen molar-refractivity contribution >= 4 is 22.6 Å². The fourth-order valence-electron chi connectivity index (χ4n) is 3.64. The number of nitrogens with zero attached hydrogens (tertiary/aromatic N) is 5. The van der Waals surface area contributed by atoms with Crippen LogP contribution in [0, 0.1) is 6.92 Å². The van der Waals surface area contributed by atoms with Crippen LogP contribution in [0.5, 0.6) is 5.75 Å². The minimum absolute atomic E-state index is 0.118. The molecule has 0 N–H and O–H groups in total. The molecule has 0 unspecified atom stereocenters. The molecule has 4 rings (SSSR count). The van der Waals surface area contributed by atoms with E-state index in [1.54, 1.807) is 7.11 Å². The number of hydrogen-bond donors (Lipinski definition) is 0. The molecule has 3 heterocycles. The van der Waals surface area contributed by atoms with Crippen molar-refractivity contribution < 1.29 is 14.3 Å². The molecule has 2 fully saturated rings. The summed E-state index contributed by atoms with van der Waals surface area (Å²) in [6, 6.07) is 4.16. The maximum Gasteiger partial charge on any atom is 0.320 e. The highest BCUT2D eigenvalue weighted by atomic mass is 16.5. The summed E-state index contributed by atoms with van der Waals surface area (Å²) >= 11 is 0. The molecular weight excluding hydrogens is 346 g/mol. The van der Waals surface area contributed by atoms with Crippen LogP contribution in [-0.4, -0.2) is 85.4 Å². The highest BCUT2D eigenvalue weighted by Crippen LogP contribution is 2.33. The summed E-state index contributed by atoms with van der Waals surface area (Å²) < 4.78 is 10.9. The molecule has 0 spiro atoms. The number of carbonyl (C=O) groups excluding carboxylic acids is 1. The van der Waals surface area contributed by atoms with Gasteiger partial charge >= 0.3 is 6.03 Å². The second-order valence-electron chi connectivity index (χ2n) is 6.86. The van der Waals surface area contributed by atoms with Crippen molar-refractivity contribution in [1.82, 2.24) is 19.8 Å². The fraction of sp³-hybridized carbons (Fsp3) is 0.526. The minimum Gasteiger partial charge on any atom is -0.495 e. The molecule has 2 aliphatic rings. The number of piperazine rings is 1. The van der Waals surface area contributed by atoms with E-state index < -0.39 is 0 Å². The first kappa shape index (κ1) is 17.8. The van der Waals surface area contributed by atoms with Gasteiger partial charge in [0.15, 0.2) is 0 Å². The average molecular weight is 371 g/mol. The van der Waals surface area contributed by atoms with Crippen molar-refractivity contribution in [3.05, 3.63) is 24.2 Å². The van der Waals surface area contributed by atoms with Crippen LogP contribution >= 0.6 is 0 Å². The Morgan fingerprint density at radius 2 is 1.78 bits per heavy atom. The van der Waals surface area contributed by atoms with E-state index in [0.29, 0.717) is 39.4 Å². The number of fused-ring (bicyclic) bond motifs is 1. The normalized spacial score (nSPS) is 18.1. The molecule has 2 amide bonds. The zero-order valence-electron chi connectivity index (χ0n) is 15.8. The lowest BCUT2D eigenvalue weighted by atomic mass is 10.1. The summed E-state index contributed by atoms with van der Waals surface area (Å²) in [6.45, 7) is 7.42. The molecule has 0 aliphatic carbocycles. The monoisotopic (exact) mass is 371 g/mol. The Morgan fingerprint density at radius 1 is 1.07 bits per heavy atom. The van der Waals surface area contributed by atoms with Gasteiger partial charge in [-0.15, -0.1) is 0 Å². The highest BCUT2D eigenvalue weighted by molar-refractivity contribution is 5.85. The van der Waals surface area contributed by atoms with Gasteiger partial charge in [-0.05, 0) is 13.0 Å². The summed E-state index contributed by atoms with van der Waals surface area (Å²) in [7, 11) is 1.68. The number of aryl methyl sites for hydroxylation is 1. The first-order chi connectivity index (χ1) is 13.2. The van der Waals surface area contributed by atoms with E-state index in [2.05, 4.69) is 20.9 Å². The Labute approximate surface area is 158 Å². The van der Waals surface area contributed by atoms with E-state index in [-0.39, 0.29) is 6.03 Å². The van der Waals surface area contributed by atoms with Gasteiger partial charge in [0.1, 0.15) is 11.6 Å². The summed E-state index contributed by atoms with van der Waals surface area (Å²) in [6.07, 6.45) is 1.85. The Morgan fingerprint density at radius 3 is 2.48 bits per heavy atom. The van der Waals surface area contributed by atoms with Crippen molar-refractivity contribution in [2.75, 3.05) is 64.5 Å². The van der Waals surface area contributed by atoms with Crippen LogP contribution < -0.4 is 9.64 Å². The number of ether oxygens (including phenoxy) is 2. The lowest BCUT2D eigenvalue weighted by Gasteiger charge is -2.39. The van der Waals surface area contributed by atoms with Crippen LogP contribution in [0.15, 0.2) is 18.3 Å². The topological polar surface area (TPSA) is 71.0 Å². The molecule has 2 aliphatic heterocycles. The summed E-state index contributed by atoms with van der Waals surface area (Å²) in [5, 5.41) is 0.989. The molecule has 2 saturated heterocycles. The number of rotatable bonds is 2. The second-order valence-corrected chi connectivity index (χ2v) is 6.86. The van der Waals surface area contributed by atoms with Gasteiger partial charge in [-0.1, -0.05) is 0 Å². The van der Waals surface area contributed by atoms with E-state index in [1.807, 2.05) is 29.0 Å². The zero-order chi connectivity index (χ0) is 18.8. The van der Waals surface area contributed by atoms with Crippen LogP contribution in [0.4, 0.5) is 10.5 Å². The van der Waals surface area contributed by atoms with Gasteiger partial charge in [0.05, 0.1) is 31.5 Å². The van der Waals surface area contributed by atoms with Crippen LogP contribution in [0.3, 0.4) is 0 Å². The van der Waals surface area contributed by atoms with Gasteiger partial charge in [0.2, 0.25) is 0 Å². The van der Waals surface area contributed by atoms with E-state index in [0.717, 1.165) is 41.3 Å². The van der Waals surface area contributed by atoms with Crippen LogP contribution in [-0.2, 0) is 4.74 Å². The predicted octanol–water partition coefficient (Wildman–Crippen LogP) is 1.52. The molecule has 8 nitrogen and oxygen atoms in total. The number of urea groups is 1. The number of anilines is 1. The third kappa shape index (κ3) is 3.62. The van der Waals surface area contributed by atoms with Crippen molar-refractivity contribution in [3.8, 4) is 5.75 Å². The second kappa shape index (κ2) is 7.56. The van der Waals surface area contributed by atoms with E-state index >= 15 is 0 Å². The van der Waals surface area contributed by atoms with E-state index in [9.17, 15) is 4.79 Å². The molecule has 1 aromatic heterocycles. The molecule has 8 heteroatoms. The van der Waals surface area contributed by atoms with Crippen molar-refractivity contribution in [2.24, 2.45) is 0 Å². The standard InChI is InChI=1S/C19H25N5O3/c1-14-20-13-15-11-17(18(26-2)12-16(15)21-14)22-3-5-23(6-4-22)19(25)24-7-9-27-10-8-24/h11-13H,3-10H2,1-2H3. The number of methoxy groups -OCH3 is 1. The molecule has 2 aromatic rings. The smallest absolute Gasteiger partial charge is 0.320 e. The van der Waals surface area contributed by atoms with Gasteiger partial charge in [0.25, 0.3) is 0 Å². The van der Waals surface area contributed by atoms with Crippen molar-refractivity contribution in [3.63, 3.8) is 0 Å². The Kier molecular flexibility index (Phi) is 4.98. The van der Waals surface area contributed by atoms with Crippen LogP contribution in [0.25, 0.3) is 10.9 Å². The minimum atomic E-state index is 0.118. The fourth-order valence-corrected chi connectivity index (χ4v) is 3.64. The lowest BCUT2D eigenvalue weighted by molar-refractivity contribution is 0.0428. The average Bonchev–Trinajstić information content (AvgIpc) is 2.73. The first-order valence-corrected chi connectivity index (χ1v) is 9.33. The number of hydrogen-bond acceptors (Lipinski definition) is 6. The van der Waals surface area contributed by atoms with Crippen molar-refractivity contribution in [1.29, 1.82) is 0 Å². The van der Waals surface area contributed by atoms with E-state index in [1.165, 1.54) is 0 Å². The van der Waals surface area contributed by atoms with Gasteiger partial charge < -0.3 is 24.2 Å². The number of morpholine rings is 1. The zero-order valence-corrected chi connectivity index (χ0v) is 15.8.